The van der Waals surface area contributed by atoms with E-state index in [0.29, 0.717) is 11.3 Å². The Labute approximate surface area is 122 Å². The topological polar surface area (TPSA) is 42.2 Å². The number of rotatable bonds is 3. The van der Waals surface area contributed by atoms with Crippen LogP contribution in [0.3, 0.4) is 0 Å². The summed E-state index contributed by atoms with van der Waals surface area (Å²) in [6, 6.07) is 4.83. The Morgan fingerprint density at radius 3 is 2.86 bits per heavy atom. The van der Waals surface area contributed by atoms with Crippen LogP contribution in [0.25, 0.3) is 5.52 Å². The maximum Gasteiger partial charge on any atom is 0.435 e. The summed E-state index contributed by atoms with van der Waals surface area (Å²) in [5, 5.41) is 8.60. The second-order valence-electron chi connectivity index (χ2n) is 4.51. The molecule has 1 unspecified atom stereocenters. The molecule has 0 aliphatic heterocycles. The normalized spacial score (nSPS) is 13.5. The molecule has 8 heteroatoms. The van der Waals surface area contributed by atoms with Crippen molar-refractivity contribution < 1.29 is 13.2 Å². The second-order valence-corrected chi connectivity index (χ2v) is 5.49. The van der Waals surface area contributed by atoms with E-state index in [-0.39, 0.29) is 6.04 Å². The average Bonchev–Trinajstić information content (AvgIpc) is 3.07. The number of nitrogens with one attached hydrogen (secondary N) is 1. The van der Waals surface area contributed by atoms with Crippen molar-refractivity contribution >= 4 is 22.7 Å². The number of anilines is 1. The zero-order valence-electron chi connectivity index (χ0n) is 10.9. The molecule has 0 saturated carbocycles. The molecule has 0 spiro atoms. The third-order valence-corrected chi connectivity index (χ3v) is 4.06. The van der Waals surface area contributed by atoms with Gasteiger partial charge in [0.2, 0.25) is 0 Å². The van der Waals surface area contributed by atoms with Gasteiger partial charge < -0.3 is 5.32 Å². The van der Waals surface area contributed by atoms with Gasteiger partial charge in [0, 0.05) is 23.3 Å². The number of nitrogens with zero attached hydrogens (tertiary/aromatic N) is 3. The standard InChI is InChI=1S/C13H11F3N4S/c1-8(10-3-2-6-21-10)18-12-9-7-11(13(14,15)16)19-20(9)5-4-17-12/h2-8H,1H3,(H,17,18). The summed E-state index contributed by atoms with van der Waals surface area (Å²) in [6.45, 7) is 1.93. The molecule has 0 amide bonds. The minimum Gasteiger partial charge on any atom is -0.361 e. The number of hydrogen-bond donors (Lipinski definition) is 1. The van der Waals surface area contributed by atoms with Crippen molar-refractivity contribution in [3.8, 4) is 0 Å². The fraction of sp³-hybridized carbons (Fsp3) is 0.231. The van der Waals surface area contributed by atoms with Gasteiger partial charge in [-0.3, -0.25) is 0 Å². The van der Waals surface area contributed by atoms with Gasteiger partial charge >= 0.3 is 6.18 Å². The van der Waals surface area contributed by atoms with Gasteiger partial charge in [-0.15, -0.1) is 11.3 Å². The molecular formula is C13H11F3N4S. The van der Waals surface area contributed by atoms with E-state index >= 15 is 0 Å². The van der Waals surface area contributed by atoms with Crippen LogP contribution in [0.4, 0.5) is 19.0 Å². The molecule has 1 atom stereocenters. The van der Waals surface area contributed by atoms with Crippen molar-refractivity contribution in [2.45, 2.75) is 19.1 Å². The molecule has 4 nitrogen and oxygen atoms in total. The lowest BCUT2D eigenvalue weighted by atomic mass is 10.2. The van der Waals surface area contributed by atoms with Crippen LogP contribution in [0.5, 0.6) is 0 Å². The molecule has 0 bridgehead atoms. The van der Waals surface area contributed by atoms with Crippen molar-refractivity contribution in [3.63, 3.8) is 0 Å². The first kappa shape index (κ1) is 13.9. The first-order valence-electron chi connectivity index (χ1n) is 6.16. The number of aromatic nitrogens is 3. The highest BCUT2D eigenvalue weighted by atomic mass is 32.1. The molecule has 3 heterocycles. The van der Waals surface area contributed by atoms with Gasteiger partial charge in [0.25, 0.3) is 0 Å². The number of alkyl halides is 3. The zero-order valence-corrected chi connectivity index (χ0v) is 11.7. The minimum absolute atomic E-state index is 0.0482. The fourth-order valence-electron chi connectivity index (χ4n) is 1.99. The zero-order chi connectivity index (χ0) is 15.0. The van der Waals surface area contributed by atoms with Gasteiger partial charge in [0.05, 0.1) is 6.04 Å². The molecular weight excluding hydrogens is 301 g/mol. The Hall–Kier alpha value is -2.09. The highest BCUT2D eigenvalue weighted by molar-refractivity contribution is 7.10. The van der Waals surface area contributed by atoms with Crippen molar-refractivity contribution in [2.24, 2.45) is 0 Å². The fourth-order valence-corrected chi connectivity index (χ4v) is 2.72. The maximum absolute atomic E-state index is 12.7. The van der Waals surface area contributed by atoms with Crippen LogP contribution >= 0.6 is 11.3 Å². The van der Waals surface area contributed by atoms with Crippen molar-refractivity contribution in [1.82, 2.24) is 14.6 Å². The van der Waals surface area contributed by atoms with Crippen LogP contribution in [0.15, 0.2) is 36.0 Å². The number of hydrogen-bond acceptors (Lipinski definition) is 4. The Balaban J connectivity index is 1.97. The average molecular weight is 312 g/mol. The molecule has 3 aromatic rings. The van der Waals surface area contributed by atoms with Gasteiger partial charge in [-0.2, -0.15) is 18.3 Å². The third kappa shape index (κ3) is 2.71. The van der Waals surface area contributed by atoms with Crippen molar-refractivity contribution in [1.29, 1.82) is 0 Å². The molecule has 0 aliphatic carbocycles. The largest absolute Gasteiger partial charge is 0.435 e. The maximum atomic E-state index is 12.7. The quantitative estimate of drug-likeness (QED) is 0.795. The first-order valence-corrected chi connectivity index (χ1v) is 7.04. The molecule has 0 radical (unpaired) electrons. The van der Waals surface area contributed by atoms with Crippen LogP contribution < -0.4 is 5.32 Å². The minimum atomic E-state index is -4.47. The van der Waals surface area contributed by atoms with E-state index < -0.39 is 11.9 Å². The lowest BCUT2D eigenvalue weighted by Gasteiger charge is -2.13. The number of thiophene rings is 1. The highest BCUT2D eigenvalue weighted by Crippen LogP contribution is 2.31. The molecule has 21 heavy (non-hydrogen) atoms. The third-order valence-electron chi connectivity index (χ3n) is 3.00. The summed E-state index contributed by atoms with van der Waals surface area (Å²) >= 11 is 1.57. The number of fused-ring (bicyclic) bond motifs is 1. The summed E-state index contributed by atoms with van der Waals surface area (Å²) in [5.41, 5.74) is -0.629. The van der Waals surface area contributed by atoms with Gasteiger partial charge in [-0.05, 0) is 18.4 Å². The van der Waals surface area contributed by atoms with Gasteiger partial charge in [0.1, 0.15) is 5.52 Å². The van der Waals surface area contributed by atoms with E-state index in [1.807, 2.05) is 24.4 Å². The van der Waals surface area contributed by atoms with E-state index in [2.05, 4.69) is 15.4 Å². The Morgan fingerprint density at radius 1 is 1.38 bits per heavy atom. The molecule has 0 aliphatic rings. The molecule has 1 N–H and O–H groups in total. The molecule has 0 saturated heterocycles. The smallest absolute Gasteiger partial charge is 0.361 e. The molecule has 3 aromatic heterocycles. The van der Waals surface area contributed by atoms with E-state index in [0.717, 1.165) is 10.9 Å². The molecule has 0 fully saturated rings. The van der Waals surface area contributed by atoms with Crippen LogP contribution in [-0.2, 0) is 6.18 Å². The van der Waals surface area contributed by atoms with Crippen LogP contribution in [-0.4, -0.2) is 14.6 Å². The van der Waals surface area contributed by atoms with Crippen LogP contribution in [0.1, 0.15) is 23.5 Å². The summed E-state index contributed by atoms with van der Waals surface area (Å²) in [5.74, 6) is 0.376. The van der Waals surface area contributed by atoms with Crippen LogP contribution in [0, 0.1) is 0 Å². The second kappa shape index (κ2) is 5.03. The van der Waals surface area contributed by atoms with Crippen molar-refractivity contribution in [3.05, 3.63) is 46.5 Å². The first-order chi connectivity index (χ1) is 9.95. The lowest BCUT2D eigenvalue weighted by molar-refractivity contribution is -0.141. The van der Waals surface area contributed by atoms with E-state index in [1.54, 1.807) is 11.3 Å². The summed E-state index contributed by atoms with van der Waals surface area (Å²) in [7, 11) is 0. The summed E-state index contributed by atoms with van der Waals surface area (Å²) in [4.78, 5) is 5.20. The van der Waals surface area contributed by atoms with E-state index in [4.69, 9.17) is 0 Å². The lowest BCUT2D eigenvalue weighted by Crippen LogP contribution is -2.07. The van der Waals surface area contributed by atoms with E-state index in [9.17, 15) is 13.2 Å². The molecule has 110 valence electrons. The van der Waals surface area contributed by atoms with E-state index in [1.165, 1.54) is 16.9 Å². The Kier molecular flexibility index (Phi) is 3.32. The predicted octanol–water partition coefficient (Wildman–Crippen LogP) is 3.98. The highest BCUT2D eigenvalue weighted by Gasteiger charge is 2.34. The monoisotopic (exact) mass is 312 g/mol. The Bertz CT molecular complexity index is 748. The summed E-state index contributed by atoms with van der Waals surface area (Å²) < 4.78 is 39.4. The van der Waals surface area contributed by atoms with Gasteiger partial charge in [0.15, 0.2) is 11.5 Å². The molecule has 0 aromatic carbocycles. The SMILES string of the molecule is CC(Nc1nccn2nc(C(F)(F)F)cc12)c1cccs1. The van der Waals surface area contributed by atoms with Crippen molar-refractivity contribution in [2.75, 3.05) is 5.32 Å². The van der Waals surface area contributed by atoms with Gasteiger partial charge in [-0.1, -0.05) is 6.07 Å². The molecule has 3 rings (SSSR count). The Morgan fingerprint density at radius 2 is 2.19 bits per heavy atom. The van der Waals surface area contributed by atoms with Gasteiger partial charge in [-0.25, -0.2) is 9.50 Å². The summed E-state index contributed by atoms with van der Waals surface area (Å²) in [6.07, 6.45) is -1.65. The number of halogens is 3. The van der Waals surface area contributed by atoms with Crippen LogP contribution in [0.2, 0.25) is 0 Å². The predicted molar refractivity (Wildman–Crippen MR) is 74.3 cm³/mol.